The van der Waals surface area contributed by atoms with Gasteiger partial charge in [0, 0.05) is 12.7 Å². The molecule has 0 spiro atoms. The second kappa shape index (κ2) is 5.01. The third-order valence-electron chi connectivity index (χ3n) is 3.06. The Morgan fingerprint density at radius 1 is 1.37 bits per heavy atom. The van der Waals surface area contributed by atoms with E-state index in [1.165, 1.54) is 0 Å². The van der Waals surface area contributed by atoms with Gasteiger partial charge in [-0.25, -0.2) is 4.98 Å². The summed E-state index contributed by atoms with van der Waals surface area (Å²) in [6, 6.07) is 1.71. The summed E-state index contributed by atoms with van der Waals surface area (Å²) in [4.78, 5) is 16.2. The van der Waals surface area contributed by atoms with Crippen LogP contribution in [0.4, 0.5) is 5.69 Å². The third kappa shape index (κ3) is 2.61. The first-order chi connectivity index (χ1) is 8.90. The van der Waals surface area contributed by atoms with E-state index in [4.69, 9.17) is 11.6 Å². The van der Waals surface area contributed by atoms with Crippen LogP contribution in [-0.2, 0) is 7.05 Å². The average molecular weight is 279 g/mol. The smallest absolute Gasteiger partial charge is 0.259 e. The van der Waals surface area contributed by atoms with Crippen molar-refractivity contribution in [1.82, 2.24) is 14.8 Å². The van der Waals surface area contributed by atoms with Crippen molar-refractivity contribution in [1.29, 1.82) is 0 Å². The molecule has 0 saturated carbocycles. The Balaban J connectivity index is 2.31. The molecule has 0 aliphatic rings. The maximum absolute atomic E-state index is 12.3. The highest BCUT2D eigenvalue weighted by Crippen LogP contribution is 2.19. The Labute approximate surface area is 116 Å². The summed E-state index contributed by atoms with van der Waals surface area (Å²) in [6.45, 7) is 5.54. The highest BCUT2D eigenvalue weighted by molar-refractivity contribution is 6.29. The van der Waals surface area contributed by atoms with Crippen molar-refractivity contribution in [2.75, 3.05) is 5.32 Å². The van der Waals surface area contributed by atoms with Gasteiger partial charge in [0.05, 0.1) is 23.1 Å². The zero-order chi connectivity index (χ0) is 14.2. The quantitative estimate of drug-likeness (QED) is 0.859. The summed E-state index contributed by atoms with van der Waals surface area (Å²) in [5, 5.41) is 7.47. The van der Waals surface area contributed by atoms with Crippen molar-refractivity contribution in [2.45, 2.75) is 20.8 Å². The van der Waals surface area contributed by atoms with E-state index in [-0.39, 0.29) is 5.91 Å². The molecule has 0 aliphatic carbocycles. The molecule has 0 saturated heterocycles. The number of aromatic nitrogens is 3. The summed E-state index contributed by atoms with van der Waals surface area (Å²) in [6.07, 6.45) is 1.55. The topological polar surface area (TPSA) is 59.8 Å². The number of halogens is 1. The zero-order valence-electron chi connectivity index (χ0n) is 11.3. The van der Waals surface area contributed by atoms with Gasteiger partial charge >= 0.3 is 0 Å². The monoisotopic (exact) mass is 278 g/mol. The average Bonchev–Trinajstić information content (AvgIpc) is 2.57. The molecule has 0 aromatic carbocycles. The molecule has 0 unspecified atom stereocenters. The van der Waals surface area contributed by atoms with Gasteiger partial charge in [-0.2, -0.15) is 5.10 Å². The van der Waals surface area contributed by atoms with Crippen LogP contribution in [0.3, 0.4) is 0 Å². The van der Waals surface area contributed by atoms with Crippen LogP contribution in [0.15, 0.2) is 12.3 Å². The summed E-state index contributed by atoms with van der Waals surface area (Å²) >= 11 is 5.79. The SMILES string of the molecule is Cc1cc(Cl)ncc1NC(=O)c1c(C)nn(C)c1C. The maximum Gasteiger partial charge on any atom is 0.259 e. The molecule has 19 heavy (non-hydrogen) atoms. The lowest BCUT2D eigenvalue weighted by Gasteiger charge is -2.08. The van der Waals surface area contributed by atoms with Gasteiger partial charge in [0.2, 0.25) is 0 Å². The van der Waals surface area contributed by atoms with E-state index in [1.807, 2.05) is 27.8 Å². The molecule has 1 N–H and O–H groups in total. The fourth-order valence-electron chi connectivity index (χ4n) is 1.94. The molecular weight excluding hydrogens is 264 g/mol. The molecule has 0 atom stereocenters. The third-order valence-corrected chi connectivity index (χ3v) is 3.27. The van der Waals surface area contributed by atoms with Crippen molar-refractivity contribution >= 4 is 23.2 Å². The number of anilines is 1. The van der Waals surface area contributed by atoms with Crippen molar-refractivity contribution in [2.24, 2.45) is 7.05 Å². The Morgan fingerprint density at radius 3 is 2.58 bits per heavy atom. The van der Waals surface area contributed by atoms with E-state index in [9.17, 15) is 4.79 Å². The molecule has 0 aliphatic heterocycles. The number of nitrogens with one attached hydrogen (secondary N) is 1. The van der Waals surface area contributed by atoms with Gasteiger partial charge in [-0.15, -0.1) is 0 Å². The molecule has 100 valence electrons. The van der Waals surface area contributed by atoms with Crippen LogP contribution in [0.2, 0.25) is 5.15 Å². The molecule has 2 heterocycles. The fraction of sp³-hybridized carbons (Fsp3) is 0.308. The van der Waals surface area contributed by atoms with E-state index >= 15 is 0 Å². The van der Waals surface area contributed by atoms with E-state index < -0.39 is 0 Å². The molecule has 1 amide bonds. The predicted octanol–water partition coefficient (Wildman–Crippen LogP) is 2.65. The van der Waals surface area contributed by atoms with Crippen molar-refractivity contribution < 1.29 is 4.79 Å². The standard InChI is InChI=1S/C13H15ClN4O/c1-7-5-11(14)15-6-10(7)16-13(19)12-8(2)17-18(4)9(12)3/h5-6H,1-4H3,(H,16,19). The zero-order valence-corrected chi connectivity index (χ0v) is 12.0. The number of hydrogen-bond donors (Lipinski definition) is 1. The molecule has 2 rings (SSSR count). The molecule has 2 aromatic rings. The lowest BCUT2D eigenvalue weighted by Crippen LogP contribution is -2.15. The van der Waals surface area contributed by atoms with Gasteiger partial charge in [-0.05, 0) is 32.4 Å². The number of rotatable bonds is 2. The summed E-state index contributed by atoms with van der Waals surface area (Å²) < 4.78 is 1.69. The minimum Gasteiger partial charge on any atom is -0.320 e. The molecule has 5 nitrogen and oxygen atoms in total. The molecule has 0 bridgehead atoms. The van der Waals surface area contributed by atoms with Crippen LogP contribution >= 0.6 is 11.6 Å². The van der Waals surface area contributed by atoms with E-state index in [1.54, 1.807) is 16.9 Å². The lowest BCUT2D eigenvalue weighted by atomic mass is 10.1. The Bertz CT molecular complexity index is 648. The number of carbonyl (C=O) groups is 1. The largest absolute Gasteiger partial charge is 0.320 e. The fourth-order valence-corrected chi connectivity index (χ4v) is 2.15. The number of pyridine rings is 1. The normalized spacial score (nSPS) is 10.6. The first-order valence-corrected chi connectivity index (χ1v) is 6.21. The van der Waals surface area contributed by atoms with Gasteiger partial charge in [-0.1, -0.05) is 11.6 Å². The Kier molecular flexibility index (Phi) is 3.57. The minimum absolute atomic E-state index is 0.185. The highest BCUT2D eigenvalue weighted by Gasteiger charge is 2.18. The van der Waals surface area contributed by atoms with Crippen LogP contribution in [0.25, 0.3) is 0 Å². The van der Waals surface area contributed by atoms with Crippen LogP contribution in [0, 0.1) is 20.8 Å². The van der Waals surface area contributed by atoms with Crippen LogP contribution in [0.5, 0.6) is 0 Å². The van der Waals surface area contributed by atoms with Crippen LogP contribution < -0.4 is 5.32 Å². The van der Waals surface area contributed by atoms with Gasteiger partial charge < -0.3 is 5.32 Å². The molecule has 2 aromatic heterocycles. The Morgan fingerprint density at radius 2 is 2.05 bits per heavy atom. The van der Waals surface area contributed by atoms with E-state index in [0.717, 1.165) is 11.3 Å². The molecule has 6 heteroatoms. The lowest BCUT2D eigenvalue weighted by molar-refractivity contribution is 0.102. The number of carbonyl (C=O) groups excluding carboxylic acids is 1. The summed E-state index contributed by atoms with van der Waals surface area (Å²) in [5.74, 6) is -0.185. The summed E-state index contributed by atoms with van der Waals surface area (Å²) in [5.41, 5.74) is 3.65. The van der Waals surface area contributed by atoms with Gasteiger partial charge in [0.25, 0.3) is 5.91 Å². The van der Waals surface area contributed by atoms with Gasteiger partial charge in [0.1, 0.15) is 5.15 Å². The number of amides is 1. The number of hydrogen-bond acceptors (Lipinski definition) is 3. The summed E-state index contributed by atoms with van der Waals surface area (Å²) in [7, 11) is 1.81. The Hall–Kier alpha value is -1.88. The molecular formula is C13H15ClN4O. The van der Waals surface area contributed by atoms with Gasteiger partial charge in [0.15, 0.2) is 0 Å². The van der Waals surface area contributed by atoms with Crippen molar-refractivity contribution in [3.63, 3.8) is 0 Å². The first kappa shape index (κ1) is 13.5. The van der Waals surface area contributed by atoms with Gasteiger partial charge in [-0.3, -0.25) is 9.48 Å². The van der Waals surface area contributed by atoms with Crippen LogP contribution in [-0.4, -0.2) is 20.7 Å². The molecule has 0 fully saturated rings. The second-order valence-corrected chi connectivity index (χ2v) is 4.83. The first-order valence-electron chi connectivity index (χ1n) is 5.84. The second-order valence-electron chi connectivity index (χ2n) is 4.45. The predicted molar refractivity (Wildman–Crippen MR) is 74.6 cm³/mol. The van der Waals surface area contributed by atoms with E-state index in [0.29, 0.717) is 22.1 Å². The van der Waals surface area contributed by atoms with E-state index in [2.05, 4.69) is 15.4 Å². The number of aryl methyl sites for hydroxylation is 3. The minimum atomic E-state index is -0.185. The molecule has 0 radical (unpaired) electrons. The van der Waals surface area contributed by atoms with Crippen LogP contribution in [0.1, 0.15) is 27.3 Å². The number of nitrogens with zero attached hydrogens (tertiary/aromatic N) is 3. The highest BCUT2D eigenvalue weighted by atomic mass is 35.5. The maximum atomic E-state index is 12.3. The van der Waals surface area contributed by atoms with Crippen molar-refractivity contribution in [3.8, 4) is 0 Å². The van der Waals surface area contributed by atoms with Crippen molar-refractivity contribution in [3.05, 3.63) is 39.9 Å².